The molecule has 1 saturated carbocycles. The van der Waals surface area contributed by atoms with Crippen LogP contribution in [0.3, 0.4) is 0 Å². The third kappa shape index (κ3) is 3.62. The lowest BCUT2D eigenvalue weighted by Gasteiger charge is -2.27. The standard InChI is InChI=1S/C17H22O3/c1-3-16(13-7-5-4-6-8-13)20-17(18)14-9-11-15(19-2)12-10-14/h3,9-13,16H,1,4-8H2,2H3/t16-/m0/s1. The number of ether oxygens (including phenoxy) is 2. The lowest BCUT2D eigenvalue weighted by Crippen LogP contribution is -2.26. The van der Waals surface area contributed by atoms with Crippen molar-refractivity contribution in [1.29, 1.82) is 0 Å². The van der Waals surface area contributed by atoms with E-state index in [0.717, 1.165) is 18.6 Å². The molecule has 0 amide bonds. The predicted octanol–water partition coefficient (Wildman–Crippen LogP) is 3.99. The first kappa shape index (κ1) is 14.6. The monoisotopic (exact) mass is 274 g/mol. The Balaban J connectivity index is 1.98. The minimum absolute atomic E-state index is 0.176. The van der Waals surface area contributed by atoms with Crippen LogP contribution < -0.4 is 4.74 Å². The van der Waals surface area contributed by atoms with Crippen LogP contribution in [0.5, 0.6) is 5.75 Å². The minimum Gasteiger partial charge on any atom is -0.497 e. The average molecular weight is 274 g/mol. The van der Waals surface area contributed by atoms with Crippen LogP contribution >= 0.6 is 0 Å². The number of methoxy groups -OCH3 is 1. The van der Waals surface area contributed by atoms with Crippen molar-refractivity contribution in [3.8, 4) is 5.75 Å². The third-order valence-electron chi connectivity index (χ3n) is 3.92. The van der Waals surface area contributed by atoms with E-state index >= 15 is 0 Å². The number of carbonyl (C=O) groups is 1. The smallest absolute Gasteiger partial charge is 0.338 e. The van der Waals surface area contributed by atoms with Gasteiger partial charge in [-0.05, 0) is 43.0 Å². The van der Waals surface area contributed by atoms with Gasteiger partial charge in [-0.1, -0.05) is 31.9 Å². The molecule has 1 aromatic carbocycles. The summed E-state index contributed by atoms with van der Waals surface area (Å²) in [6.45, 7) is 3.81. The highest BCUT2D eigenvalue weighted by atomic mass is 16.5. The molecule has 0 heterocycles. The molecule has 1 aliphatic rings. The molecule has 3 nitrogen and oxygen atoms in total. The predicted molar refractivity (Wildman–Crippen MR) is 79.0 cm³/mol. The molecule has 2 rings (SSSR count). The molecule has 0 unspecified atom stereocenters. The van der Waals surface area contributed by atoms with Crippen LogP contribution in [-0.4, -0.2) is 19.2 Å². The van der Waals surface area contributed by atoms with Crippen molar-refractivity contribution in [2.75, 3.05) is 7.11 Å². The molecular weight excluding hydrogens is 252 g/mol. The number of benzene rings is 1. The van der Waals surface area contributed by atoms with Crippen molar-refractivity contribution in [3.05, 3.63) is 42.5 Å². The van der Waals surface area contributed by atoms with Crippen LogP contribution in [0.2, 0.25) is 0 Å². The highest BCUT2D eigenvalue weighted by Gasteiger charge is 2.24. The second kappa shape index (κ2) is 7.13. The number of hydrogen-bond donors (Lipinski definition) is 0. The summed E-state index contributed by atoms with van der Waals surface area (Å²) in [5, 5.41) is 0. The van der Waals surface area contributed by atoms with Gasteiger partial charge in [-0.15, -0.1) is 0 Å². The molecule has 0 N–H and O–H groups in total. The highest BCUT2D eigenvalue weighted by Crippen LogP contribution is 2.29. The van der Waals surface area contributed by atoms with Gasteiger partial charge in [0.05, 0.1) is 12.7 Å². The molecule has 1 aromatic rings. The van der Waals surface area contributed by atoms with Crippen LogP contribution in [0.4, 0.5) is 0 Å². The van der Waals surface area contributed by atoms with Crippen molar-refractivity contribution in [2.24, 2.45) is 5.92 Å². The number of carbonyl (C=O) groups excluding carboxylic acids is 1. The molecule has 108 valence electrons. The molecule has 3 heteroatoms. The lowest BCUT2D eigenvalue weighted by molar-refractivity contribution is 0.0227. The SMILES string of the molecule is C=C[C@H](OC(=O)c1ccc(OC)cc1)C1CCCCC1. The van der Waals surface area contributed by atoms with E-state index in [2.05, 4.69) is 6.58 Å². The first-order valence-corrected chi connectivity index (χ1v) is 7.22. The van der Waals surface area contributed by atoms with Crippen molar-refractivity contribution in [2.45, 2.75) is 38.2 Å². The maximum Gasteiger partial charge on any atom is 0.338 e. The molecule has 0 bridgehead atoms. The van der Waals surface area contributed by atoms with Crippen molar-refractivity contribution >= 4 is 5.97 Å². The summed E-state index contributed by atoms with van der Waals surface area (Å²) in [6.07, 6.45) is 7.54. The number of esters is 1. The summed E-state index contributed by atoms with van der Waals surface area (Å²) in [5.41, 5.74) is 0.549. The van der Waals surface area contributed by atoms with Gasteiger partial charge >= 0.3 is 5.97 Å². The van der Waals surface area contributed by atoms with Gasteiger partial charge < -0.3 is 9.47 Å². The van der Waals surface area contributed by atoms with Crippen molar-refractivity contribution in [3.63, 3.8) is 0 Å². The van der Waals surface area contributed by atoms with E-state index in [1.165, 1.54) is 19.3 Å². The van der Waals surface area contributed by atoms with Crippen LogP contribution in [0, 0.1) is 5.92 Å². The zero-order chi connectivity index (χ0) is 14.4. The molecule has 0 radical (unpaired) electrons. The molecule has 20 heavy (non-hydrogen) atoms. The van der Waals surface area contributed by atoms with Crippen LogP contribution in [-0.2, 0) is 4.74 Å². The molecule has 1 fully saturated rings. The Morgan fingerprint density at radius 1 is 1.25 bits per heavy atom. The fourth-order valence-corrected chi connectivity index (χ4v) is 2.72. The van der Waals surface area contributed by atoms with E-state index in [4.69, 9.17) is 9.47 Å². The zero-order valence-corrected chi connectivity index (χ0v) is 12.0. The second-order valence-electron chi connectivity index (χ2n) is 5.23. The Labute approximate surface area is 120 Å². The second-order valence-corrected chi connectivity index (χ2v) is 5.23. The summed E-state index contributed by atoms with van der Waals surface area (Å²) in [6, 6.07) is 6.98. The molecule has 0 saturated heterocycles. The Bertz CT molecular complexity index is 444. The molecule has 0 spiro atoms. The summed E-state index contributed by atoms with van der Waals surface area (Å²) in [4.78, 5) is 12.1. The van der Waals surface area contributed by atoms with Gasteiger partial charge in [-0.25, -0.2) is 4.79 Å². The van der Waals surface area contributed by atoms with Gasteiger partial charge in [-0.2, -0.15) is 0 Å². The Morgan fingerprint density at radius 2 is 1.90 bits per heavy atom. The fourth-order valence-electron chi connectivity index (χ4n) is 2.72. The third-order valence-corrected chi connectivity index (χ3v) is 3.92. The summed E-state index contributed by atoms with van der Waals surface area (Å²) in [5.74, 6) is 0.862. The first-order valence-electron chi connectivity index (χ1n) is 7.22. The van der Waals surface area contributed by atoms with Crippen LogP contribution in [0.1, 0.15) is 42.5 Å². The topological polar surface area (TPSA) is 35.5 Å². The van der Waals surface area contributed by atoms with Gasteiger partial charge in [0.2, 0.25) is 0 Å². The largest absolute Gasteiger partial charge is 0.497 e. The summed E-state index contributed by atoms with van der Waals surface area (Å²) < 4.78 is 10.7. The maximum absolute atomic E-state index is 12.1. The lowest BCUT2D eigenvalue weighted by atomic mass is 9.85. The molecular formula is C17H22O3. The summed E-state index contributed by atoms with van der Waals surface area (Å²) >= 11 is 0. The van der Waals surface area contributed by atoms with Gasteiger partial charge in [0.25, 0.3) is 0 Å². The summed E-state index contributed by atoms with van der Waals surface area (Å²) in [7, 11) is 1.60. The molecule has 0 aliphatic heterocycles. The van der Waals surface area contributed by atoms with Gasteiger partial charge in [0, 0.05) is 0 Å². The molecule has 1 aliphatic carbocycles. The van der Waals surface area contributed by atoms with Crippen LogP contribution in [0.15, 0.2) is 36.9 Å². The van der Waals surface area contributed by atoms with Crippen molar-refractivity contribution < 1.29 is 14.3 Å². The highest BCUT2D eigenvalue weighted by molar-refractivity contribution is 5.89. The maximum atomic E-state index is 12.1. The van der Waals surface area contributed by atoms with E-state index in [0.29, 0.717) is 11.5 Å². The minimum atomic E-state index is -0.289. The normalized spacial score (nSPS) is 17.2. The first-order chi connectivity index (χ1) is 9.74. The van der Waals surface area contributed by atoms with Gasteiger partial charge in [-0.3, -0.25) is 0 Å². The quantitative estimate of drug-likeness (QED) is 0.601. The molecule has 0 aromatic heterocycles. The Kier molecular flexibility index (Phi) is 5.22. The Hall–Kier alpha value is -1.77. The van der Waals surface area contributed by atoms with Gasteiger partial charge in [0.15, 0.2) is 0 Å². The van der Waals surface area contributed by atoms with Crippen molar-refractivity contribution in [1.82, 2.24) is 0 Å². The molecule has 1 atom stereocenters. The Morgan fingerprint density at radius 3 is 2.45 bits per heavy atom. The van der Waals surface area contributed by atoms with E-state index in [-0.39, 0.29) is 12.1 Å². The number of rotatable bonds is 5. The fraction of sp³-hybridized carbons (Fsp3) is 0.471. The van der Waals surface area contributed by atoms with E-state index in [1.807, 2.05) is 0 Å². The van der Waals surface area contributed by atoms with E-state index < -0.39 is 0 Å². The van der Waals surface area contributed by atoms with Crippen LogP contribution in [0.25, 0.3) is 0 Å². The zero-order valence-electron chi connectivity index (χ0n) is 12.0. The number of hydrogen-bond acceptors (Lipinski definition) is 3. The van der Waals surface area contributed by atoms with Gasteiger partial charge in [0.1, 0.15) is 11.9 Å². The average Bonchev–Trinajstić information content (AvgIpc) is 2.53. The van der Waals surface area contributed by atoms with E-state index in [1.54, 1.807) is 37.5 Å². The van der Waals surface area contributed by atoms with E-state index in [9.17, 15) is 4.79 Å².